The van der Waals surface area contributed by atoms with E-state index in [0.717, 1.165) is 10.2 Å². The Morgan fingerprint density at radius 3 is 2.53 bits per heavy atom. The molecule has 0 aliphatic heterocycles. The van der Waals surface area contributed by atoms with E-state index in [2.05, 4.69) is 20.3 Å². The lowest BCUT2D eigenvalue weighted by Gasteiger charge is -2.23. The van der Waals surface area contributed by atoms with Crippen molar-refractivity contribution in [1.29, 1.82) is 0 Å². The standard InChI is InChI=1S/C18H22N6O5S/c1-27-8-6-23(7-9-28-2)17-15(24(25)26)16(19-11-20-17)22-18-21-13-5-4-12(29-3)10-14(13)30-18/h4-5,10-11H,6-9H2,1-3H3,(H,19,20,21,22). The van der Waals surface area contributed by atoms with Crippen molar-refractivity contribution in [2.24, 2.45) is 0 Å². The molecule has 0 aliphatic rings. The van der Waals surface area contributed by atoms with E-state index in [-0.39, 0.29) is 17.3 Å². The molecule has 1 aromatic carbocycles. The minimum atomic E-state index is -0.499. The number of anilines is 3. The number of thiazole rings is 1. The van der Waals surface area contributed by atoms with E-state index in [1.807, 2.05) is 12.1 Å². The Hall–Kier alpha value is -3.09. The highest BCUT2D eigenvalue weighted by atomic mass is 32.1. The lowest BCUT2D eigenvalue weighted by molar-refractivity contribution is -0.383. The molecule has 0 fully saturated rings. The second-order valence-corrected chi connectivity index (χ2v) is 7.13. The van der Waals surface area contributed by atoms with Gasteiger partial charge in [-0.05, 0) is 18.2 Å². The maximum Gasteiger partial charge on any atom is 0.353 e. The van der Waals surface area contributed by atoms with Crippen molar-refractivity contribution in [3.63, 3.8) is 0 Å². The molecular weight excluding hydrogens is 412 g/mol. The van der Waals surface area contributed by atoms with Crippen molar-refractivity contribution < 1.29 is 19.1 Å². The fourth-order valence-electron chi connectivity index (χ4n) is 2.77. The van der Waals surface area contributed by atoms with Gasteiger partial charge in [-0.1, -0.05) is 11.3 Å². The van der Waals surface area contributed by atoms with E-state index in [0.29, 0.717) is 37.2 Å². The fourth-order valence-corrected chi connectivity index (χ4v) is 3.67. The van der Waals surface area contributed by atoms with Gasteiger partial charge < -0.3 is 24.4 Å². The minimum absolute atomic E-state index is 0.0656. The molecule has 0 atom stereocenters. The Labute approximate surface area is 176 Å². The number of hydrogen-bond acceptors (Lipinski definition) is 11. The van der Waals surface area contributed by atoms with Gasteiger partial charge in [0.1, 0.15) is 12.1 Å². The summed E-state index contributed by atoms with van der Waals surface area (Å²) in [5.74, 6) is 0.963. The van der Waals surface area contributed by atoms with Gasteiger partial charge in [-0.3, -0.25) is 10.1 Å². The zero-order chi connectivity index (χ0) is 21.5. The van der Waals surface area contributed by atoms with Gasteiger partial charge in [0.15, 0.2) is 5.13 Å². The molecule has 160 valence electrons. The minimum Gasteiger partial charge on any atom is -0.497 e. The second-order valence-electron chi connectivity index (χ2n) is 6.10. The van der Waals surface area contributed by atoms with Crippen LogP contribution in [-0.2, 0) is 9.47 Å². The van der Waals surface area contributed by atoms with Gasteiger partial charge in [0.2, 0.25) is 11.6 Å². The molecule has 1 N–H and O–H groups in total. The van der Waals surface area contributed by atoms with E-state index in [4.69, 9.17) is 14.2 Å². The van der Waals surface area contributed by atoms with Crippen molar-refractivity contribution in [2.75, 3.05) is 57.8 Å². The van der Waals surface area contributed by atoms with Crippen LogP contribution in [0, 0.1) is 10.1 Å². The predicted molar refractivity (Wildman–Crippen MR) is 114 cm³/mol. The average Bonchev–Trinajstić information content (AvgIpc) is 3.14. The smallest absolute Gasteiger partial charge is 0.353 e. The summed E-state index contributed by atoms with van der Waals surface area (Å²) >= 11 is 1.35. The van der Waals surface area contributed by atoms with Crippen LogP contribution in [0.1, 0.15) is 0 Å². The summed E-state index contributed by atoms with van der Waals surface area (Å²) in [5, 5.41) is 15.4. The maximum absolute atomic E-state index is 11.9. The molecule has 0 aliphatic carbocycles. The van der Waals surface area contributed by atoms with Crippen molar-refractivity contribution in [3.05, 3.63) is 34.6 Å². The number of nitrogens with zero attached hydrogens (tertiary/aromatic N) is 5. The summed E-state index contributed by atoms with van der Waals surface area (Å²) in [5.41, 5.74) is 0.517. The molecule has 0 unspecified atom stereocenters. The normalized spacial score (nSPS) is 10.9. The van der Waals surface area contributed by atoms with Crippen LogP contribution < -0.4 is 15.0 Å². The van der Waals surface area contributed by atoms with Crippen LogP contribution in [0.4, 0.5) is 22.5 Å². The van der Waals surface area contributed by atoms with Crippen molar-refractivity contribution >= 4 is 44.0 Å². The number of hydrogen-bond donors (Lipinski definition) is 1. The summed E-state index contributed by atoms with van der Waals surface area (Å²) in [6, 6.07) is 5.49. The lowest BCUT2D eigenvalue weighted by Crippen LogP contribution is -2.32. The molecule has 0 bridgehead atoms. The van der Waals surface area contributed by atoms with Gasteiger partial charge in [0, 0.05) is 27.3 Å². The maximum atomic E-state index is 11.9. The van der Waals surface area contributed by atoms with Crippen LogP contribution >= 0.6 is 11.3 Å². The number of methoxy groups -OCH3 is 3. The Morgan fingerprint density at radius 2 is 1.90 bits per heavy atom. The van der Waals surface area contributed by atoms with Crippen LogP contribution in [-0.4, -0.2) is 67.5 Å². The fraction of sp³-hybridized carbons (Fsp3) is 0.389. The molecule has 12 heteroatoms. The highest BCUT2D eigenvalue weighted by Crippen LogP contribution is 2.36. The third kappa shape index (κ3) is 4.90. The van der Waals surface area contributed by atoms with Crippen molar-refractivity contribution in [1.82, 2.24) is 15.0 Å². The molecule has 0 spiro atoms. The molecule has 2 heterocycles. The Kier molecular flexibility index (Phi) is 7.27. The van der Waals surface area contributed by atoms with Gasteiger partial charge in [-0.2, -0.15) is 0 Å². The number of nitro groups is 1. The van der Waals surface area contributed by atoms with Crippen molar-refractivity contribution in [3.8, 4) is 5.75 Å². The summed E-state index contributed by atoms with van der Waals surface area (Å²) in [6.45, 7) is 1.59. The predicted octanol–water partition coefficient (Wildman–Crippen LogP) is 2.85. The van der Waals surface area contributed by atoms with E-state index in [1.54, 1.807) is 32.3 Å². The molecule has 30 heavy (non-hydrogen) atoms. The molecule has 3 rings (SSSR count). The average molecular weight is 434 g/mol. The van der Waals surface area contributed by atoms with Gasteiger partial charge in [-0.25, -0.2) is 15.0 Å². The van der Waals surface area contributed by atoms with E-state index < -0.39 is 4.92 Å². The number of benzene rings is 1. The third-order valence-electron chi connectivity index (χ3n) is 4.24. The SMILES string of the molecule is COCCN(CCOC)c1ncnc(Nc2nc3ccc(OC)cc3s2)c1[N+](=O)[O-]. The van der Waals surface area contributed by atoms with Crippen LogP contribution in [0.25, 0.3) is 10.2 Å². The first-order chi connectivity index (χ1) is 14.6. The number of rotatable bonds is 11. The van der Waals surface area contributed by atoms with Gasteiger partial charge in [-0.15, -0.1) is 0 Å². The topological polar surface area (TPSA) is 125 Å². The summed E-state index contributed by atoms with van der Waals surface area (Å²) in [7, 11) is 4.72. The first-order valence-electron chi connectivity index (χ1n) is 9.01. The first-order valence-corrected chi connectivity index (χ1v) is 9.82. The number of nitrogens with one attached hydrogen (secondary N) is 1. The molecule has 0 saturated heterocycles. The highest BCUT2D eigenvalue weighted by Gasteiger charge is 2.27. The quantitative estimate of drug-likeness (QED) is 0.356. The Bertz CT molecular complexity index is 1010. The zero-order valence-corrected chi connectivity index (χ0v) is 17.6. The number of fused-ring (bicyclic) bond motifs is 1. The molecular formula is C18H22N6O5S. The molecule has 0 amide bonds. The summed E-state index contributed by atoms with van der Waals surface area (Å²) < 4.78 is 16.4. The lowest BCUT2D eigenvalue weighted by atomic mass is 10.3. The largest absolute Gasteiger partial charge is 0.497 e. The molecule has 0 saturated carbocycles. The zero-order valence-electron chi connectivity index (χ0n) is 16.8. The first kappa shape index (κ1) is 21.6. The highest BCUT2D eigenvalue weighted by molar-refractivity contribution is 7.22. The molecule has 3 aromatic rings. The van der Waals surface area contributed by atoms with Crippen LogP contribution in [0.5, 0.6) is 5.75 Å². The van der Waals surface area contributed by atoms with E-state index in [9.17, 15) is 10.1 Å². The van der Waals surface area contributed by atoms with Gasteiger partial charge >= 0.3 is 5.69 Å². The van der Waals surface area contributed by atoms with E-state index >= 15 is 0 Å². The molecule has 0 radical (unpaired) electrons. The second kappa shape index (κ2) is 10.1. The third-order valence-corrected chi connectivity index (χ3v) is 5.17. The van der Waals surface area contributed by atoms with Crippen LogP contribution in [0.2, 0.25) is 0 Å². The van der Waals surface area contributed by atoms with Gasteiger partial charge in [0.05, 0.1) is 35.5 Å². The number of ether oxygens (including phenoxy) is 3. The monoisotopic (exact) mass is 434 g/mol. The van der Waals surface area contributed by atoms with Crippen LogP contribution in [0.15, 0.2) is 24.5 Å². The summed E-state index contributed by atoms with van der Waals surface area (Å²) in [4.78, 5) is 25.9. The number of aromatic nitrogens is 3. The Balaban J connectivity index is 1.96. The Morgan fingerprint density at radius 1 is 1.17 bits per heavy atom. The molecule has 11 nitrogen and oxygen atoms in total. The summed E-state index contributed by atoms with van der Waals surface area (Å²) in [6.07, 6.45) is 1.29. The van der Waals surface area contributed by atoms with E-state index in [1.165, 1.54) is 17.7 Å². The van der Waals surface area contributed by atoms with Crippen LogP contribution in [0.3, 0.4) is 0 Å². The van der Waals surface area contributed by atoms with Crippen molar-refractivity contribution in [2.45, 2.75) is 0 Å². The van der Waals surface area contributed by atoms with Gasteiger partial charge in [0.25, 0.3) is 0 Å². The molecule has 2 aromatic heterocycles.